The third kappa shape index (κ3) is 4.15. The second-order valence-corrected chi connectivity index (χ2v) is 7.07. The average Bonchev–Trinajstić information content (AvgIpc) is 3.24. The van der Waals surface area contributed by atoms with Gasteiger partial charge in [-0.15, -0.1) is 0 Å². The number of rotatable bonds is 4. The van der Waals surface area contributed by atoms with Gasteiger partial charge in [0.05, 0.1) is 12.6 Å². The first-order valence-corrected chi connectivity index (χ1v) is 9.19. The Kier molecular flexibility index (Phi) is 5.63. The van der Waals surface area contributed by atoms with Gasteiger partial charge in [-0.25, -0.2) is 4.79 Å². The lowest BCUT2D eigenvalue weighted by atomic mass is 10.1. The van der Waals surface area contributed by atoms with Gasteiger partial charge in [0.1, 0.15) is 0 Å². The van der Waals surface area contributed by atoms with Gasteiger partial charge in [0.15, 0.2) is 0 Å². The Labute approximate surface area is 149 Å². The molecule has 1 aromatic heterocycles. The van der Waals surface area contributed by atoms with E-state index >= 15 is 0 Å². The molecule has 3 amide bonds. The highest BCUT2D eigenvalue weighted by Crippen LogP contribution is 2.32. The van der Waals surface area contributed by atoms with Crippen molar-refractivity contribution in [2.45, 2.75) is 37.8 Å². The summed E-state index contributed by atoms with van der Waals surface area (Å²) in [4.78, 5) is 28.3. The van der Waals surface area contributed by atoms with Crippen LogP contribution < -0.4 is 10.6 Å². The SMILES string of the molecule is CNC(=O)CN1CCC(NC(=O)N2CCC[C@@H]2c2cccn2C)CC1. The number of carbonyl (C=O) groups excluding carboxylic acids is 2. The number of nitrogens with zero attached hydrogens (tertiary/aromatic N) is 3. The van der Waals surface area contributed by atoms with Gasteiger partial charge in [0, 0.05) is 51.7 Å². The average molecular weight is 347 g/mol. The van der Waals surface area contributed by atoms with E-state index in [2.05, 4.69) is 26.2 Å². The standard InChI is InChI=1S/C18H29N5O2/c1-19-17(24)13-22-11-7-14(8-12-22)20-18(25)23-10-4-6-16(23)15-5-3-9-21(15)2/h3,5,9,14,16H,4,6-8,10-13H2,1-2H3,(H,19,24)(H,20,25)/t16-/m1/s1. The maximum Gasteiger partial charge on any atom is 0.318 e. The zero-order valence-corrected chi connectivity index (χ0v) is 15.2. The van der Waals surface area contributed by atoms with Crippen LogP contribution >= 0.6 is 0 Å². The monoisotopic (exact) mass is 347 g/mol. The summed E-state index contributed by atoms with van der Waals surface area (Å²) in [6.07, 6.45) is 5.90. The molecule has 138 valence electrons. The van der Waals surface area contributed by atoms with Crippen LogP contribution in [-0.2, 0) is 11.8 Å². The van der Waals surface area contributed by atoms with E-state index in [0.29, 0.717) is 6.54 Å². The Hall–Kier alpha value is -2.02. The fraction of sp³-hybridized carbons (Fsp3) is 0.667. The molecule has 0 radical (unpaired) electrons. The van der Waals surface area contributed by atoms with Gasteiger partial charge >= 0.3 is 6.03 Å². The molecular formula is C18H29N5O2. The van der Waals surface area contributed by atoms with E-state index in [0.717, 1.165) is 45.3 Å². The van der Waals surface area contributed by atoms with Crippen molar-refractivity contribution in [1.29, 1.82) is 0 Å². The predicted octanol–water partition coefficient (Wildman–Crippen LogP) is 1.08. The van der Waals surface area contributed by atoms with Crippen molar-refractivity contribution in [3.8, 4) is 0 Å². The minimum Gasteiger partial charge on any atom is -0.358 e. The molecule has 7 nitrogen and oxygen atoms in total. The zero-order chi connectivity index (χ0) is 17.8. The Bertz CT molecular complexity index is 606. The first-order chi connectivity index (χ1) is 12.1. The van der Waals surface area contributed by atoms with E-state index in [4.69, 9.17) is 0 Å². The Balaban J connectivity index is 1.51. The molecule has 3 rings (SSSR count). The molecular weight excluding hydrogens is 318 g/mol. The molecule has 25 heavy (non-hydrogen) atoms. The summed E-state index contributed by atoms with van der Waals surface area (Å²) in [5.74, 6) is 0.0463. The maximum absolute atomic E-state index is 12.8. The minimum atomic E-state index is 0.0463. The summed E-state index contributed by atoms with van der Waals surface area (Å²) < 4.78 is 2.10. The van der Waals surface area contributed by atoms with Gasteiger partial charge in [0.25, 0.3) is 0 Å². The number of carbonyl (C=O) groups is 2. The van der Waals surface area contributed by atoms with Crippen molar-refractivity contribution in [3.05, 3.63) is 24.0 Å². The fourth-order valence-corrected chi connectivity index (χ4v) is 3.91. The first kappa shape index (κ1) is 17.8. The number of aryl methyl sites for hydroxylation is 1. The molecule has 1 atom stereocenters. The fourth-order valence-electron chi connectivity index (χ4n) is 3.91. The van der Waals surface area contributed by atoms with Gasteiger partial charge in [-0.3, -0.25) is 9.69 Å². The Morgan fingerprint density at radius 1 is 1.20 bits per heavy atom. The van der Waals surface area contributed by atoms with Crippen molar-refractivity contribution in [2.75, 3.05) is 33.2 Å². The van der Waals surface area contributed by atoms with E-state index in [1.54, 1.807) is 7.05 Å². The normalized spacial score (nSPS) is 22.2. The molecule has 2 fully saturated rings. The summed E-state index contributed by atoms with van der Waals surface area (Å²) in [6.45, 7) is 2.95. The highest BCUT2D eigenvalue weighted by molar-refractivity contribution is 5.77. The van der Waals surface area contributed by atoms with Crippen LogP contribution in [0.5, 0.6) is 0 Å². The summed E-state index contributed by atoms with van der Waals surface area (Å²) in [6, 6.07) is 4.56. The van der Waals surface area contributed by atoms with Crippen molar-refractivity contribution in [3.63, 3.8) is 0 Å². The molecule has 0 bridgehead atoms. The maximum atomic E-state index is 12.8. The number of nitrogens with one attached hydrogen (secondary N) is 2. The lowest BCUT2D eigenvalue weighted by Crippen LogP contribution is -2.50. The van der Waals surface area contributed by atoms with Crippen LogP contribution in [0.15, 0.2) is 18.3 Å². The van der Waals surface area contributed by atoms with Crippen LogP contribution in [-0.4, -0.2) is 65.6 Å². The number of hydrogen-bond acceptors (Lipinski definition) is 3. The summed E-state index contributed by atoms with van der Waals surface area (Å²) >= 11 is 0. The molecule has 2 aliphatic rings. The predicted molar refractivity (Wildman–Crippen MR) is 96.2 cm³/mol. The molecule has 2 aliphatic heterocycles. The second-order valence-electron chi connectivity index (χ2n) is 7.07. The van der Waals surface area contributed by atoms with Gasteiger partial charge in [-0.05, 0) is 37.8 Å². The van der Waals surface area contributed by atoms with Crippen molar-refractivity contribution >= 4 is 11.9 Å². The second kappa shape index (κ2) is 7.91. The van der Waals surface area contributed by atoms with Crippen LogP contribution in [0.2, 0.25) is 0 Å². The lowest BCUT2D eigenvalue weighted by Gasteiger charge is -2.33. The third-order valence-electron chi connectivity index (χ3n) is 5.40. The van der Waals surface area contributed by atoms with Gasteiger partial charge < -0.3 is 20.1 Å². The van der Waals surface area contributed by atoms with E-state index < -0.39 is 0 Å². The number of amides is 3. The van der Waals surface area contributed by atoms with Crippen LogP contribution in [0.4, 0.5) is 4.79 Å². The van der Waals surface area contributed by atoms with Crippen LogP contribution in [0.1, 0.15) is 37.4 Å². The highest BCUT2D eigenvalue weighted by atomic mass is 16.2. The molecule has 0 aromatic carbocycles. The van der Waals surface area contributed by atoms with E-state index in [1.165, 1.54) is 5.69 Å². The Morgan fingerprint density at radius 3 is 2.60 bits per heavy atom. The molecule has 1 aromatic rings. The van der Waals surface area contributed by atoms with Crippen molar-refractivity contribution < 1.29 is 9.59 Å². The first-order valence-electron chi connectivity index (χ1n) is 9.19. The summed E-state index contributed by atoms with van der Waals surface area (Å²) in [5, 5.41) is 5.87. The summed E-state index contributed by atoms with van der Waals surface area (Å²) in [5.41, 5.74) is 1.20. The minimum absolute atomic E-state index is 0.0463. The third-order valence-corrected chi connectivity index (χ3v) is 5.40. The molecule has 0 spiro atoms. The van der Waals surface area contributed by atoms with E-state index in [1.807, 2.05) is 24.2 Å². The number of likely N-dealkylation sites (tertiary alicyclic amines) is 2. The number of aromatic nitrogens is 1. The molecule has 0 unspecified atom stereocenters. The largest absolute Gasteiger partial charge is 0.358 e. The molecule has 2 saturated heterocycles. The van der Waals surface area contributed by atoms with Crippen LogP contribution in [0, 0.1) is 0 Å². The van der Waals surface area contributed by atoms with Gasteiger partial charge in [0.2, 0.25) is 5.91 Å². The lowest BCUT2D eigenvalue weighted by molar-refractivity contribution is -0.122. The smallest absolute Gasteiger partial charge is 0.318 e. The highest BCUT2D eigenvalue weighted by Gasteiger charge is 2.32. The molecule has 0 saturated carbocycles. The molecule has 2 N–H and O–H groups in total. The van der Waals surface area contributed by atoms with Crippen molar-refractivity contribution in [1.82, 2.24) is 25.0 Å². The quantitative estimate of drug-likeness (QED) is 0.856. The topological polar surface area (TPSA) is 69.6 Å². The number of urea groups is 1. The van der Waals surface area contributed by atoms with Crippen LogP contribution in [0.25, 0.3) is 0 Å². The zero-order valence-electron chi connectivity index (χ0n) is 15.2. The number of piperidine rings is 1. The number of likely N-dealkylation sites (N-methyl/N-ethyl adjacent to an activating group) is 1. The van der Waals surface area contributed by atoms with Gasteiger partial charge in [-0.2, -0.15) is 0 Å². The van der Waals surface area contributed by atoms with Crippen molar-refractivity contribution in [2.24, 2.45) is 7.05 Å². The van der Waals surface area contributed by atoms with Crippen LogP contribution in [0.3, 0.4) is 0 Å². The van der Waals surface area contributed by atoms with Gasteiger partial charge in [-0.1, -0.05) is 0 Å². The molecule has 0 aliphatic carbocycles. The Morgan fingerprint density at radius 2 is 1.96 bits per heavy atom. The molecule has 3 heterocycles. The van der Waals surface area contributed by atoms with E-state index in [9.17, 15) is 9.59 Å². The number of hydrogen-bond donors (Lipinski definition) is 2. The summed E-state index contributed by atoms with van der Waals surface area (Å²) in [7, 11) is 3.69. The molecule has 7 heteroatoms. The van der Waals surface area contributed by atoms with E-state index in [-0.39, 0.29) is 24.0 Å².